The quantitative estimate of drug-likeness (QED) is 0.565. The number of allylic oxidation sites excluding steroid dienone is 1. The van der Waals surface area contributed by atoms with Crippen LogP contribution in [0.5, 0.6) is 0 Å². The monoisotopic (exact) mass is 447 g/mol. The van der Waals surface area contributed by atoms with Crippen molar-refractivity contribution in [3.8, 4) is 0 Å². The minimum absolute atomic E-state index is 0.173. The van der Waals surface area contributed by atoms with Crippen LogP contribution >= 0.6 is 11.3 Å². The molecule has 0 saturated carbocycles. The maximum Gasteiger partial charge on any atom is 0.338 e. The minimum atomic E-state index is -0.579. The molecule has 2 heterocycles. The Balaban J connectivity index is 1.89. The number of hydrogen-bond donors (Lipinski definition) is 0. The number of anilines is 1. The van der Waals surface area contributed by atoms with Gasteiger partial charge in [-0.1, -0.05) is 53.8 Å². The van der Waals surface area contributed by atoms with Gasteiger partial charge >= 0.3 is 5.97 Å². The Morgan fingerprint density at radius 2 is 1.84 bits per heavy atom. The predicted molar refractivity (Wildman–Crippen MR) is 128 cm³/mol. The third kappa shape index (κ3) is 4.03. The molecule has 0 amide bonds. The summed E-state index contributed by atoms with van der Waals surface area (Å²) in [5, 5.41) is 0. The Morgan fingerprint density at radius 1 is 1.16 bits per heavy atom. The molecule has 0 N–H and O–H groups in total. The lowest BCUT2D eigenvalue weighted by Gasteiger charge is -2.24. The largest absolute Gasteiger partial charge is 0.463 e. The number of thiazole rings is 1. The van der Waals surface area contributed by atoms with Gasteiger partial charge in [0.2, 0.25) is 0 Å². The lowest BCUT2D eigenvalue weighted by Crippen LogP contribution is -2.39. The zero-order chi connectivity index (χ0) is 22.8. The normalized spacial score (nSPS) is 15.9. The molecule has 3 aromatic rings. The van der Waals surface area contributed by atoms with Crippen LogP contribution in [0, 0.1) is 0 Å². The predicted octanol–water partition coefficient (Wildman–Crippen LogP) is 2.86. The fourth-order valence-electron chi connectivity index (χ4n) is 3.76. The number of rotatable bonds is 5. The van der Waals surface area contributed by atoms with Crippen molar-refractivity contribution in [1.29, 1.82) is 0 Å². The second-order valence-corrected chi connectivity index (χ2v) is 8.71. The molecular formula is C25H25N3O3S. The van der Waals surface area contributed by atoms with Crippen LogP contribution in [0.3, 0.4) is 0 Å². The molecule has 4 rings (SSSR count). The molecular weight excluding hydrogens is 422 g/mol. The number of aromatic nitrogens is 1. The zero-order valence-electron chi connectivity index (χ0n) is 18.5. The van der Waals surface area contributed by atoms with Gasteiger partial charge in [-0.05, 0) is 43.2 Å². The van der Waals surface area contributed by atoms with Crippen molar-refractivity contribution >= 4 is 29.1 Å². The number of benzene rings is 2. The van der Waals surface area contributed by atoms with Crippen LogP contribution in [0.4, 0.5) is 5.69 Å². The van der Waals surface area contributed by atoms with Crippen molar-refractivity contribution in [3.05, 3.63) is 96.7 Å². The topological polar surface area (TPSA) is 63.9 Å². The summed E-state index contributed by atoms with van der Waals surface area (Å²) >= 11 is 1.33. The van der Waals surface area contributed by atoms with Crippen LogP contribution in [0.15, 0.2) is 75.7 Å². The summed E-state index contributed by atoms with van der Waals surface area (Å²) in [6.45, 7) is 3.81. The smallest absolute Gasteiger partial charge is 0.338 e. The molecule has 32 heavy (non-hydrogen) atoms. The molecule has 2 aromatic carbocycles. The van der Waals surface area contributed by atoms with Crippen molar-refractivity contribution < 1.29 is 9.53 Å². The summed E-state index contributed by atoms with van der Waals surface area (Å²) in [4.78, 5) is 33.5. The van der Waals surface area contributed by atoms with E-state index in [1.807, 2.05) is 79.7 Å². The third-order valence-corrected chi connectivity index (χ3v) is 6.32. The highest BCUT2D eigenvalue weighted by Crippen LogP contribution is 2.30. The molecule has 0 fully saturated rings. The number of hydrogen-bond acceptors (Lipinski definition) is 6. The Kier molecular flexibility index (Phi) is 6.10. The summed E-state index contributed by atoms with van der Waals surface area (Å²) in [6, 6.07) is 17.0. The van der Waals surface area contributed by atoms with Gasteiger partial charge in [-0.3, -0.25) is 9.36 Å². The summed E-state index contributed by atoms with van der Waals surface area (Å²) in [5.41, 5.74) is 3.65. The Morgan fingerprint density at radius 3 is 2.47 bits per heavy atom. The highest BCUT2D eigenvalue weighted by atomic mass is 32.1. The van der Waals surface area contributed by atoms with Crippen molar-refractivity contribution in [2.75, 3.05) is 25.6 Å². The molecule has 6 nitrogen and oxygen atoms in total. The van der Waals surface area contributed by atoms with Gasteiger partial charge in [-0.25, -0.2) is 9.79 Å². The first-order valence-corrected chi connectivity index (χ1v) is 11.2. The lowest BCUT2D eigenvalue weighted by atomic mass is 9.96. The van der Waals surface area contributed by atoms with E-state index >= 15 is 0 Å². The molecule has 1 unspecified atom stereocenters. The van der Waals surface area contributed by atoms with Gasteiger partial charge in [0.05, 0.1) is 28.5 Å². The average Bonchev–Trinajstić information content (AvgIpc) is 3.08. The molecule has 0 spiro atoms. The van der Waals surface area contributed by atoms with E-state index in [0.29, 0.717) is 20.6 Å². The molecule has 0 aliphatic carbocycles. The number of fused-ring (bicyclic) bond motifs is 1. The Labute approximate surface area is 190 Å². The van der Waals surface area contributed by atoms with E-state index in [1.165, 1.54) is 11.3 Å². The summed E-state index contributed by atoms with van der Waals surface area (Å²) < 4.78 is 7.49. The highest BCUT2D eigenvalue weighted by molar-refractivity contribution is 7.07. The van der Waals surface area contributed by atoms with Crippen LogP contribution in [-0.4, -0.2) is 31.2 Å². The molecule has 7 heteroatoms. The van der Waals surface area contributed by atoms with Crippen LogP contribution < -0.4 is 19.8 Å². The fraction of sp³-hybridized carbons (Fsp3) is 0.240. The highest BCUT2D eigenvalue weighted by Gasteiger charge is 2.33. The van der Waals surface area contributed by atoms with E-state index in [1.54, 1.807) is 18.4 Å². The standard InChI is InChI=1S/C25H25N3O3S/c1-5-31-24(30)21-16(2)26-25-28(22(21)18-9-7-6-8-10-18)23(29)20(32-25)15-17-11-13-19(14-12-17)27(3)4/h6-15,22H,5H2,1-4H3/b20-15-. The second kappa shape index (κ2) is 8.96. The van der Waals surface area contributed by atoms with E-state index in [9.17, 15) is 9.59 Å². The van der Waals surface area contributed by atoms with E-state index in [2.05, 4.69) is 4.99 Å². The van der Waals surface area contributed by atoms with E-state index < -0.39 is 12.0 Å². The Bertz CT molecular complexity index is 1350. The van der Waals surface area contributed by atoms with Crippen LogP contribution in [0.1, 0.15) is 31.0 Å². The second-order valence-electron chi connectivity index (χ2n) is 7.70. The number of ether oxygens (including phenoxy) is 1. The number of carbonyl (C=O) groups excluding carboxylic acids is 1. The lowest BCUT2D eigenvalue weighted by molar-refractivity contribution is -0.139. The molecule has 164 valence electrons. The first-order valence-electron chi connectivity index (χ1n) is 10.4. The minimum Gasteiger partial charge on any atom is -0.463 e. The maximum atomic E-state index is 13.5. The summed E-state index contributed by atoms with van der Waals surface area (Å²) in [7, 11) is 3.97. The Hall–Kier alpha value is -3.45. The zero-order valence-corrected chi connectivity index (χ0v) is 19.3. The van der Waals surface area contributed by atoms with Crippen molar-refractivity contribution in [3.63, 3.8) is 0 Å². The van der Waals surface area contributed by atoms with E-state index in [4.69, 9.17) is 4.74 Å². The molecule has 1 aromatic heterocycles. The molecule has 0 radical (unpaired) electrons. The summed E-state index contributed by atoms with van der Waals surface area (Å²) in [5.74, 6) is -0.448. The van der Waals surface area contributed by atoms with Crippen LogP contribution in [0.25, 0.3) is 6.08 Å². The van der Waals surface area contributed by atoms with Gasteiger partial charge in [0.1, 0.15) is 0 Å². The first kappa shape index (κ1) is 21.8. The molecule has 1 aliphatic rings. The van der Waals surface area contributed by atoms with Gasteiger partial charge in [-0.2, -0.15) is 0 Å². The average molecular weight is 448 g/mol. The van der Waals surface area contributed by atoms with Gasteiger partial charge in [0.25, 0.3) is 5.56 Å². The van der Waals surface area contributed by atoms with Gasteiger partial charge in [0, 0.05) is 19.8 Å². The van der Waals surface area contributed by atoms with E-state index in [0.717, 1.165) is 16.8 Å². The molecule has 1 aliphatic heterocycles. The third-order valence-electron chi connectivity index (χ3n) is 5.34. The molecule has 1 atom stereocenters. The van der Waals surface area contributed by atoms with Gasteiger partial charge in [-0.15, -0.1) is 0 Å². The maximum absolute atomic E-state index is 13.5. The SMILES string of the molecule is CCOC(=O)C1=C(C)N=c2s/c(=C\c3ccc(N(C)C)cc3)c(=O)n2C1c1ccccc1. The summed E-state index contributed by atoms with van der Waals surface area (Å²) in [6.07, 6.45) is 1.87. The van der Waals surface area contributed by atoms with Crippen LogP contribution in [0.2, 0.25) is 0 Å². The fourth-order valence-corrected chi connectivity index (χ4v) is 4.81. The van der Waals surface area contributed by atoms with E-state index in [-0.39, 0.29) is 12.2 Å². The van der Waals surface area contributed by atoms with Crippen molar-refractivity contribution in [2.45, 2.75) is 19.9 Å². The van der Waals surface area contributed by atoms with Gasteiger partial charge in [0.15, 0.2) is 4.80 Å². The van der Waals surface area contributed by atoms with Gasteiger partial charge < -0.3 is 9.64 Å². The first-order chi connectivity index (χ1) is 15.4. The van der Waals surface area contributed by atoms with Crippen molar-refractivity contribution in [1.82, 2.24) is 4.57 Å². The number of nitrogens with zero attached hydrogens (tertiary/aromatic N) is 3. The molecule has 0 bridgehead atoms. The number of esters is 1. The van der Waals surface area contributed by atoms with Crippen molar-refractivity contribution in [2.24, 2.45) is 4.99 Å². The van der Waals surface area contributed by atoms with Crippen LogP contribution in [-0.2, 0) is 9.53 Å². The number of carbonyl (C=O) groups is 1. The molecule has 0 saturated heterocycles.